The lowest BCUT2D eigenvalue weighted by molar-refractivity contribution is 0.0889. The molecule has 1 unspecified atom stereocenters. The molecule has 134 valence electrons. The van der Waals surface area contributed by atoms with Crippen molar-refractivity contribution in [3.05, 3.63) is 95.8 Å². The molecule has 1 atom stereocenters. The van der Waals surface area contributed by atoms with Crippen LogP contribution in [0.2, 0.25) is 0 Å². The van der Waals surface area contributed by atoms with E-state index in [9.17, 15) is 5.11 Å². The first-order valence-electron chi connectivity index (χ1n) is 8.72. The van der Waals surface area contributed by atoms with Crippen molar-refractivity contribution >= 4 is 0 Å². The van der Waals surface area contributed by atoms with Crippen molar-refractivity contribution < 1.29 is 14.6 Å². The largest absolute Gasteiger partial charge is 0.491 e. The van der Waals surface area contributed by atoms with E-state index in [2.05, 4.69) is 4.98 Å². The Morgan fingerprint density at radius 3 is 2.35 bits per heavy atom. The zero-order valence-corrected chi connectivity index (χ0v) is 14.6. The van der Waals surface area contributed by atoms with Crippen LogP contribution >= 0.6 is 0 Å². The molecule has 3 aromatic rings. The summed E-state index contributed by atoms with van der Waals surface area (Å²) in [6.07, 6.45) is 3.49. The van der Waals surface area contributed by atoms with E-state index < -0.39 is 6.10 Å². The van der Waals surface area contributed by atoms with E-state index in [0.717, 1.165) is 22.4 Å². The van der Waals surface area contributed by atoms with Crippen molar-refractivity contribution in [2.24, 2.45) is 0 Å². The lowest BCUT2D eigenvalue weighted by Gasteiger charge is -2.12. The van der Waals surface area contributed by atoms with Crippen molar-refractivity contribution in [1.29, 1.82) is 0 Å². The highest BCUT2D eigenvalue weighted by Gasteiger charge is 2.09. The molecule has 1 N–H and O–H groups in total. The van der Waals surface area contributed by atoms with Crippen LogP contribution in [-0.2, 0) is 17.8 Å². The second-order valence-corrected chi connectivity index (χ2v) is 6.04. The van der Waals surface area contributed by atoms with Gasteiger partial charge < -0.3 is 14.6 Å². The molecule has 0 bridgehead atoms. The quantitative estimate of drug-likeness (QED) is 0.594. The Hall–Kier alpha value is -2.69. The highest BCUT2D eigenvalue weighted by Crippen LogP contribution is 2.21. The molecule has 0 radical (unpaired) electrons. The SMILES string of the molecule is OC(Cc1cccnc1)c1ccc(OCCOCc2ccccc2)cc1. The van der Waals surface area contributed by atoms with E-state index in [0.29, 0.717) is 26.2 Å². The normalized spacial score (nSPS) is 11.9. The monoisotopic (exact) mass is 349 g/mol. The molecule has 1 aromatic heterocycles. The van der Waals surface area contributed by atoms with E-state index in [1.807, 2.05) is 66.7 Å². The van der Waals surface area contributed by atoms with Gasteiger partial charge in [0.05, 0.1) is 19.3 Å². The average Bonchev–Trinajstić information content (AvgIpc) is 2.70. The third-order valence-corrected chi connectivity index (χ3v) is 4.02. The van der Waals surface area contributed by atoms with Gasteiger partial charge in [0.1, 0.15) is 12.4 Å². The van der Waals surface area contributed by atoms with Crippen LogP contribution < -0.4 is 4.74 Å². The summed E-state index contributed by atoms with van der Waals surface area (Å²) in [5.74, 6) is 0.769. The fourth-order valence-corrected chi connectivity index (χ4v) is 2.63. The van der Waals surface area contributed by atoms with Gasteiger partial charge in [0.2, 0.25) is 0 Å². The second-order valence-electron chi connectivity index (χ2n) is 6.04. The molecule has 0 spiro atoms. The lowest BCUT2D eigenvalue weighted by atomic mass is 10.0. The fourth-order valence-electron chi connectivity index (χ4n) is 2.63. The highest BCUT2D eigenvalue weighted by atomic mass is 16.5. The van der Waals surface area contributed by atoms with Crippen molar-refractivity contribution in [2.75, 3.05) is 13.2 Å². The molecular weight excluding hydrogens is 326 g/mol. The molecule has 0 fully saturated rings. The minimum Gasteiger partial charge on any atom is -0.491 e. The van der Waals surface area contributed by atoms with Gasteiger partial charge in [-0.2, -0.15) is 0 Å². The standard InChI is InChI=1S/C22H23NO3/c24-22(15-19-7-4-12-23-16-19)20-8-10-21(11-9-20)26-14-13-25-17-18-5-2-1-3-6-18/h1-12,16,22,24H,13-15,17H2. The molecular formula is C22H23NO3. The summed E-state index contributed by atoms with van der Waals surface area (Å²) in [6, 6.07) is 21.4. The van der Waals surface area contributed by atoms with Gasteiger partial charge in [-0.1, -0.05) is 48.5 Å². The Kier molecular flexibility index (Phi) is 6.76. The summed E-state index contributed by atoms with van der Waals surface area (Å²) < 4.78 is 11.3. The first kappa shape index (κ1) is 18.1. The Morgan fingerprint density at radius 2 is 1.62 bits per heavy atom. The third kappa shape index (κ3) is 5.69. The van der Waals surface area contributed by atoms with E-state index in [1.165, 1.54) is 0 Å². The van der Waals surface area contributed by atoms with Crippen LogP contribution in [0.1, 0.15) is 22.8 Å². The fraction of sp³-hybridized carbons (Fsp3) is 0.227. The average molecular weight is 349 g/mol. The highest BCUT2D eigenvalue weighted by molar-refractivity contribution is 5.29. The number of ether oxygens (including phenoxy) is 2. The maximum atomic E-state index is 10.3. The van der Waals surface area contributed by atoms with Gasteiger partial charge in [-0.15, -0.1) is 0 Å². The van der Waals surface area contributed by atoms with Gasteiger partial charge in [-0.3, -0.25) is 4.98 Å². The van der Waals surface area contributed by atoms with E-state index in [-0.39, 0.29) is 0 Å². The first-order valence-corrected chi connectivity index (χ1v) is 8.72. The predicted octanol–water partition coefficient (Wildman–Crippen LogP) is 3.95. The van der Waals surface area contributed by atoms with Crippen molar-refractivity contribution in [1.82, 2.24) is 4.98 Å². The Morgan fingerprint density at radius 1 is 0.846 bits per heavy atom. The van der Waals surface area contributed by atoms with Gasteiger partial charge in [-0.05, 0) is 34.9 Å². The third-order valence-electron chi connectivity index (χ3n) is 4.02. The Labute approximate surface area is 154 Å². The zero-order valence-electron chi connectivity index (χ0n) is 14.6. The smallest absolute Gasteiger partial charge is 0.119 e. The molecule has 0 saturated carbocycles. The lowest BCUT2D eigenvalue weighted by Crippen LogP contribution is -2.07. The van der Waals surface area contributed by atoms with E-state index in [1.54, 1.807) is 12.4 Å². The molecule has 4 heteroatoms. The van der Waals surface area contributed by atoms with Gasteiger partial charge in [0.15, 0.2) is 0 Å². The summed E-state index contributed by atoms with van der Waals surface area (Å²) in [4.78, 5) is 4.07. The molecule has 0 aliphatic heterocycles. The predicted molar refractivity (Wildman–Crippen MR) is 101 cm³/mol. The van der Waals surface area contributed by atoms with Crippen LogP contribution in [0, 0.1) is 0 Å². The van der Waals surface area contributed by atoms with Gasteiger partial charge in [-0.25, -0.2) is 0 Å². The number of benzene rings is 2. The van der Waals surface area contributed by atoms with Crippen LogP contribution in [0.4, 0.5) is 0 Å². The number of rotatable bonds is 9. The van der Waals surface area contributed by atoms with Crippen LogP contribution in [0.15, 0.2) is 79.1 Å². The number of pyridine rings is 1. The molecule has 0 amide bonds. The summed E-state index contributed by atoms with van der Waals surface area (Å²) in [7, 11) is 0. The molecule has 26 heavy (non-hydrogen) atoms. The minimum atomic E-state index is -0.553. The molecule has 0 aliphatic carbocycles. The molecule has 0 saturated heterocycles. The summed E-state index contributed by atoms with van der Waals surface area (Å²) >= 11 is 0. The van der Waals surface area contributed by atoms with E-state index in [4.69, 9.17) is 9.47 Å². The van der Waals surface area contributed by atoms with Gasteiger partial charge >= 0.3 is 0 Å². The Bertz CT molecular complexity index is 760. The molecule has 4 nitrogen and oxygen atoms in total. The molecule has 0 aliphatic rings. The minimum absolute atomic E-state index is 0.490. The zero-order chi connectivity index (χ0) is 18.0. The number of aliphatic hydroxyl groups excluding tert-OH is 1. The summed E-state index contributed by atoms with van der Waals surface area (Å²) in [5, 5.41) is 10.3. The van der Waals surface area contributed by atoms with Crippen LogP contribution in [-0.4, -0.2) is 23.3 Å². The van der Waals surface area contributed by atoms with Gasteiger partial charge in [0.25, 0.3) is 0 Å². The first-order chi connectivity index (χ1) is 12.8. The number of aromatic nitrogens is 1. The van der Waals surface area contributed by atoms with Crippen molar-refractivity contribution in [2.45, 2.75) is 19.1 Å². The molecule has 2 aromatic carbocycles. The molecule has 3 rings (SSSR count). The van der Waals surface area contributed by atoms with Crippen LogP contribution in [0.25, 0.3) is 0 Å². The second kappa shape index (κ2) is 9.70. The van der Waals surface area contributed by atoms with Crippen molar-refractivity contribution in [3.8, 4) is 5.75 Å². The summed E-state index contributed by atoms with van der Waals surface area (Å²) in [5.41, 5.74) is 3.02. The van der Waals surface area contributed by atoms with E-state index >= 15 is 0 Å². The summed E-state index contributed by atoms with van der Waals surface area (Å²) in [6.45, 7) is 1.61. The number of nitrogens with zero attached hydrogens (tertiary/aromatic N) is 1. The maximum Gasteiger partial charge on any atom is 0.119 e. The number of aliphatic hydroxyl groups is 1. The van der Waals surface area contributed by atoms with Gasteiger partial charge in [0, 0.05) is 18.8 Å². The Balaban J connectivity index is 1.40. The maximum absolute atomic E-state index is 10.3. The van der Waals surface area contributed by atoms with Crippen molar-refractivity contribution in [3.63, 3.8) is 0 Å². The molecule has 1 heterocycles. The number of hydrogen-bond donors (Lipinski definition) is 1. The van der Waals surface area contributed by atoms with Crippen LogP contribution in [0.3, 0.4) is 0 Å². The number of hydrogen-bond acceptors (Lipinski definition) is 4. The topological polar surface area (TPSA) is 51.6 Å². The van der Waals surface area contributed by atoms with Crippen LogP contribution in [0.5, 0.6) is 5.75 Å².